The lowest BCUT2D eigenvalue weighted by atomic mass is 9.94. The summed E-state index contributed by atoms with van der Waals surface area (Å²) in [6.45, 7) is 6.86. The van der Waals surface area contributed by atoms with Crippen LogP contribution in [0.2, 0.25) is 0 Å². The van der Waals surface area contributed by atoms with E-state index in [1.807, 2.05) is 31.2 Å². The van der Waals surface area contributed by atoms with Gasteiger partial charge < -0.3 is 15.4 Å². The summed E-state index contributed by atoms with van der Waals surface area (Å²) >= 11 is 0. The SMILES string of the molecule is C#CN(C(=O)CNC(=O)OC(C)(C)C)C(C(=O)NC1CCCCC1)c1ccc(CC)cc1. The van der Waals surface area contributed by atoms with Gasteiger partial charge in [0, 0.05) is 12.1 Å². The third-order valence-corrected chi connectivity index (χ3v) is 5.35. The van der Waals surface area contributed by atoms with Crippen LogP contribution < -0.4 is 10.6 Å². The number of nitrogens with one attached hydrogen (secondary N) is 2. The second kappa shape index (κ2) is 11.6. The topological polar surface area (TPSA) is 87.7 Å². The number of carbonyl (C=O) groups is 3. The van der Waals surface area contributed by atoms with Gasteiger partial charge in [-0.1, -0.05) is 56.9 Å². The van der Waals surface area contributed by atoms with Crippen LogP contribution in [-0.2, 0) is 20.7 Å². The quantitative estimate of drug-likeness (QED) is 0.499. The van der Waals surface area contributed by atoms with E-state index in [1.165, 1.54) is 6.42 Å². The van der Waals surface area contributed by atoms with Gasteiger partial charge in [-0.25, -0.2) is 4.79 Å². The normalized spacial score (nSPS) is 15.2. The minimum absolute atomic E-state index is 0.0725. The Morgan fingerprint density at radius 2 is 1.78 bits per heavy atom. The van der Waals surface area contributed by atoms with Gasteiger partial charge in [-0.15, -0.1) is 0 Å². The van der Waals surface area contributed by atoms with Gasteiger partial charge in [0.25, 0.3) is 5.91 Å². The molecule has 3 amide bonds. The van der Waals surface area contributed by atoms with Gasteiger partial charge in [0.05, 0.1) is 0 Å². The first-order chi connectivity index (χ1) is 15.1. The van der Waals surface area contributed by atoms with Crippen molar-refractivity contribution in [3.8, 4) is 12.5 Å². The number of hydrogen-bond acceptors (Lipinski definition) is 4. The standard InChI is InChI=1S/C25H35N3O4/c1-6-18-13-15-19(16-14-18)22(23(30)27-20-11-9-8-10-12-20)28(7-2)21(29)17-26-24(31)32-25(3,4)5/h2,13-16,20,22H,6,8-12,17H2,1,3-5H3,(H,26,31)(H,27,30). The number of terminal acetylenes is 1. The number of nitrogens with zero attached hydrogens (tertiary/aromatic N) is 1. The van der Waals surface area contributed by atoms with Gasteiger partial charge in [0.15, 0.2) is 0 Å². The average molecular weight is 442 g/mol. The van der Waals surface area contributed by atoms with Gasteiger partial charge in [0.1, 0.15) is 18.2 Å². The molecule has 1 aromatic carbocycles. The maximum absolute atomic E-state index is 13.3. The van der Waals surface area contributed by atoms with Crippen molar-refractivity contribution in [3.05, 3.63) is 35.4 Å². The maximum Gasteiger partial charge on any atom is 0.408 e. The molecule has 1 aromatic rings. The molecule has 2 N–H and O–H groups in total. The summed E-state index contributed by atoms with van der Waals surface area (Å²) in [6, 6.07) is 8.93. The number of rotatable bonds is 7. The summed E-state index contributed by atoms with van der Waals surface area (Å²) in [5.41, 5.74) is 1.05. The van der Waals surface area contributed by atoms with Crippen LogP contribution >= 0.6 is 0 Å². The number of carbonyl (C=O) groups excluding carboxylic acids is 3. The lowest BCUT2D eigenvalue weighted by Crippen LogP contribution is -2.48. The minimum atomic E-state index is -0.985. The Hall–Kier alpha value is -3.01. The average Bonchev–Trinajstić information content (AvgIpc) is 2.75. The molecule has 1 aliphatic carbocycles. The molecular formula is C25H35N3O4. The highest BCUT2D eigenvalue weighted by Crippen LogP contribution is 2.24. The number of benzene rings is 1. The van der Waals surface area contributed by atoms with E-state index >= 15 is 0 Å². The Kier molecular flexibility index (Phi) is 9.13. The lowest BCUT2D eigenvalue weighted by molar-refractivity contribution is -0.137. The summed E-state index contributed by atoms with van der Waals surface area (Å²) in [5, 5.41) is 5.49. The van der Waals surface area contributed by atoms with Crippen LogP contribution in [0.1, 0.15) is 77.0 Å². The van der Waals surface area contributed by atoms with Gasteiger partial charge in [-0.05, 0) is 51.2 Å². The number of amides is 3. The van der Waals surface area contributed by atoms with E-state index in [-0.39, 0.29) is 18.5 Å². The van der Waals surface area contributed by atoms with Crippen molar-refractivity contribution in [1.29, 1.82) is 0 Å². The molecule has 0 bridgehead atoms. The third kappa shape index (κ3) is 7.60. The van der Waals surface area contributed by atoms with Crippen LogP contribution in [0.25, 0.3) is 0 Å². The van der Waals surface area contributed by atoms with E-state index < -0.39 is 23.6 Å². The van der Waals surface area contributed by atoms with Crippen molar-refractivity contribution in [2.75, 3.05) is 6.54 Å². The van der Waals surface area contributed by atoms with E-state index in [4.69, 9.17) is 11.2 Å². The van der Waals surface area contributed by atoms with E-state index in [2.05, 4.69) is 16.7 Å². The summed E-state index contributed by atoms with van der Waals surface area (Å²) in [7, 11) is 0. The molecule has 1 fully saturated rings. The first-order valence-electron chi connectivity index (χ1n) is 11.3. The van der Waals surface area contributed by atoms with E-state index in [9.17, 15) is 14.4 Å². The predicted molar refractivity (Wildman–Crippen MR) is 123 cm³/mol. The van der Waals surface area contributed by atoms with Crippen molar-refractivity contribution < 1.29 is 19.1 Å². The van der Waals surface area contributed by atoms with Crippen LogP contribution in [-0.4, -0.2) is 41.0 Å². The van der Waals surface area contributed by atoms with Crippen molar-refractivity contribution in [3.63, 3.8) is 0 Å². The molecule has 174 valence electrons. The molecule has 7 heteroatoms. The highest BCUT2D eigenvalue weighted by molar-refractivity contribution is 5.91. The highest BCUT2D eigenvalue weighted by atomic mass is 16.6. The zero-order valence-corrected chi connectivity index (χ0v) is 19.6. The van der Waals surface area contributed by atoms with E-state index in [0.717, 1.165) is 42.6 Å². The largest absolute Gasteiger partial charge is 0.444 e. The fourth-order valence-corrected chi connectivity index (χ4v) is 3.72. The molecule has 0 radical (unpaired) electrons. The van der Waals surface area contributed by atoms with Gasteiger partial charge in [-0.3, -0.25) is 14.5 Å². The molecule has 2 rings (SSSR count). The van der Waals surface area contributed by atoms with E-state index in [0.29, 0.717) is 5.56 Å². The second-order valence-electron chi connectivity index (χ2n) is 9.09. The Labute approximate surface area is 191 Å². The van der Waals surface area contributed by atoms with Crippen LogP contribution in [0.15, 0.2) is 24.3 Å². The smallest absolute Gasteiger partial charge is 0.408 e. The maximum atomic E-state index is 13.3. The van der Waals surface area contributed by atoms with Crippen LogP contribution in [0.4, 0.5) is 4.79 Å². The van der Waals surface area contributed by atoms with Crippen molar-refractivity contribution in [2.24, 2.45) is 0 Å². The van der Waals surface area contributed by atoms with Gasteiger partial charge >= 0.3 is 6.09 Å². The lowest BCUT2D eigenvalue weighted by Gasteiger charge is -2.30. The molecule has 0 saturated heterocycles. The third-order valence-electron chi connectivity index (χ3n) is 5.35. The number of aryl methyl sites for hydroxylation is 1. The van der Waals surface area contributed by atoms with E-state index in [1.54, 1.807) is 20.8 Å². The first-order valence-corrected chi connectivity index (χ1v) is 11.3. The summed E-state index contributed by atoms with van der Waals surface area (Å²) in [6.07, 6.45) is 10.9. The highest BCUT2D eigenvalue weighted by Gasteiger charge is 2.32. The first kappa shape index (κ1) is 25.3. The molecule has 32 heavy (non-hydrogen) atoms. The molecule has 1 saturated carbocycles. The zero-order valence-electron chi connectivity index (χ0n) is 19.6. The van der Waals surface area contributed by atoms with Gasteiger partial charge in [-0.2, -0.15) is 0 Å². The number of ether oxygens (including phenoxy) is 1. The predicted octanol–water partition coefficient (Wildman–Crippen LogP) is 3.68. The zero-order chi connectivity index (χ0) is 23.7. The molecule has 0 aromatic heterocycles. The monoisotopic (exact) mass is 441 g/mol. The summed E-state index contributed by atoms with van der Waals surface area (Å²) < 4.78 is 5.17. The molecule has 0 spiro atoms. The molecule has 7 nitrogen and oxygen atoms in total. The number of hydrogen-bond donors (Lipinski definition) is 2. The minimum Gasteiger partial charge on any atom is -0.444 e. The molecule has 1 atom stereocenters. The van der Waals surface area contributed by atoms with Crippen LogP contribution in [0, 0.1) is 12.5 Å². The Balaban J connectivity index is 2.20. The van der Waals surface area contributed by atoms with Crippen LogP contribution in [0.5, 0.6) is 0 Å². The summed E-state index contributed by atoms with van der Waals surface area (Å²) in [4.78, 5) is 39.2. The van der Waals surface area contributed by atoms with Crippen LogP contribution in [0.3, 0.4) is 0 Å². The fraction of sp³-hybridized carbons (Fsp3) is 0.560. The van der Waals surface area contributed by atoms with Crippen molar-refractivity contribution in [1.82, 2.24) is 15.5 Å². The Morgan fingerprint density at radius 1 is 1.16 bits per heavy atom. The number of alkyl carbamates (subject to hydrolysis) is 1. The second-order valence-corrected chi connectivity index (χ2v) is 9.09. The Morgan fingerprint density at radius 3 is 2.31 bits per heavy atom. The molecule has 0 heterocycles. The van der Waals surface area contributed by atoms with Crippen molar-refractivity contribution in [2.45, 2.75) is 83.9 Å². The molecular weight excluding hydrogens is 406 g/mol. The fourth-order valence-electron chi connectivity index (χ4n) is 3.72. The Bertz CT molecular complexity index is 830. The van der Waals surface area contributed by atoms with Crippen molar-refractivity contribution >= 4 is 17.9 Å². The molecule has 1 unspecified atom stereocenters. The summed E-state index contributed by atoms with van der Waals surface area (Å²) in [5.74, 6) is -0.883. The molecule has 0 aliphatic heterocycles. The molecule has 1 aliphatic rings. The van der Waals surface area contributed by atoms with Gasteiger partial charge in [0.2, 0.25) is 5.91 Å².